The number of benzene rings is 2. The third-order valence-electron chi connectivity index (χ3n) is 11.3. The molecule has 2 aliphatic heterocycles. The number of allylic oxidation sites excluding steroid dienone is 2. The minimum atomic E-state index is -3.88. The SMILES string of the molecule is C[C@H]1C/C=C/C[C@H]2CC[C@H]2CN2C[C@@]3(CCCc4cc(Cl)c(O)cc43)COc3ccc(cc32)C(=O)NS(=O)(=O)[C@@H]1C1CCC1. The highest BCUT2D eigenvalue weighted by atomic mass is 35.5. The lowest BCUT2D eigenvalue weighted by Gasteiger charge is -2.44. The standard InChI is InChI=1S/C35H43ClN2O5S/c1-22-6-2-3-7-23-11-12-27(23)19-38-20-35(15-5-10-25-16-29(36)31(39)18-28(25)35)21-43-32-14-13-26(17-30(32)38)34(40)37-44(41,42)33(22)24-8-4-9-24/h2-3,13-14,16-18,22-24,27,33,39H,4-12,15,19-21H2,1H3,(H,37,40)/b3-2+/t22-,23-,27-,33-,35-/m0/s1. The zero-order valence-corrected chi connectivity index (χ0v) is 27.0. The van der Waals surface area contributed by atoms with E-state index in [9.17, 15) is 18.3 Å². The van der Waals surface area contributed by atoms with Crippen molar-refractivity contribution in [1.82, 2.24) is 4.72 Å². The molecule has 7 rings (SSSR count). The molecule has 5 aliphatic rings. The van der Waals surface area contributed by atoms with Gasteiger partial charge in [0.1, 0.15) is 11.5 Å². The van der Waals surface area contributed by atoms with Gasteiger partial charge in [-0.15, -0.1) is 0 Å². The molecule has 2 N–H and O–H groups in total. The predicted molar refractivity (Wildman–Crippen MR) is 173 cm³/mol. The molecule has 2 aromatic carbocycles. The summed E-state index contributed by atoms with van der Waals surface area (Å²) in [5.74, 6) is 1.28. The summed E-state index contributed by atoms with van der Waals surface area (Å²) >= 11 is 6.34. The van der Waals surface area contributed by atoms with E-state index in [-0.39, 0.29) is 23.0 Å². The molecule has 1 amide bonds. The molecular formula is C35H43ClN2O5S. The van der Waals surface area contributed by atoms with Crippen molar-refractivity contribution in [3.63, 3.8) is 0 Å². The summed E-state index contributed by atoms with van der Waals surface area (Å²) in [5, 5.41) is 10.4. The number of nitrogens with zero attached hydrogens (tertiary/aromatic N) is 1. The zero-order valence-electron chi connectivity index (χ0n) is 25.4. The molecule has 2 aromatic rings. The Balaban J connectivity index is 1.28. The third kappa shape index (κ3) is 5.40. The van der Waals surface area contributed by atoms with Gasteiger partial charge < -0.3 is 14.7 Å². The molecule has 0 radical (unpaired) electrons. The number of sulfonamides is 1. The van der Waals surface area contributed by atoms with Crippen molar-refractivity contribution >= 4 is 33.2 Å². The lowest BCUT2D eigenvalue weighted by molar-refractivity contribution is 0.0980. The van der Waals surface area contributed by atoms with Crippen LogP contribution in [0, 0.1) is 23.7 Å². The molecule has 0 saturated heterocycles. The minimum absolute atomic E-state index is 0.0771. The predicted octanol–water partition coefficient (Wildman–Crippen LogP) is 6.76. The Morgan fingerprint density at radius 2 is 1.82 bits per heavy atom. The maximum atomic E-state index is 13.8. The van der Waals surface area contributed by atoms with E-state index >= 15 is 0 Å². The van der Waals surface area contributed by atoms with Gasteiger partial charge in [0, 0.05) is 24.1 Å². The van der Waals surface area contributed by atoms with Crippen LogP contribution in [-0.4, -0.2) is 44.4 Å². The first-order valence-corrected chi connectivity index (χ1v) is 18.3. The van der Waals surface area contributed by atoms with Crippen molar-refractivity contribution in [3.05, 3.63) is 64.2 Å². The molecule has 2 heterocycles. The summed E-state index contributed by atoms with van der Waals surface area (Å²) in [6, 6.07) is 9.05. The molecule has 236 valence electrons. The van der Waals surface area contributed by atoms with Crippen molar-refractivity contribution in [2.75, 3.05) is 24.6 Å². The molecule has 5 atom stereocenters. The van der Waals surface area contributed by atoms with Gasteiger partial charge in [0.05, 0.1) is 22.6 Å². The quantitative estimate of drug-likeness (QED) is 0.335. The second kappa shape index (κ2) is 11.6. The van der Waals surface area contributed by atoms with Crippen LogP contribution in [0.2, 0.25) is 5.02 Å². The number of phenols is 1. The zero-order chi connectivity index (χ0) is 30.6. The number of ether oxygens (including phenoxy) is 1. The van der Waals surface area contributed by atoms with E-state index in [4.69, 9.17) is 16.3 Å². The number of aryl methyl sites for hydroxylation is 1. The van der Waals surface area contributed by atoms with E-state index in [2.05, 4.69) is 21.8 Å². The normalized spacial score (nSPS) is 32.6. The molecule has 9 heteroatoms. The molecule has 2 saturated carbocycles. The minimum Gasteiger partial charge on any atom is -0.506 e. The fourth-order valence-electron chi connectivity index (χ4n) is 8.51. The van der Waals surface area contributed by atoms with E-state index in [1.165, 1.54) is 6.42 Å². The van der Waals surface area contributed by atoms with Gasteiger partial charge in [0.15, 0.2) is 0 Å². The van der Waals surface area contributed by atoms with Gasteiger partial charge in [-0.25, -0.2) is 13.1 Å². The maximum Gasteiger partial charge on any atom is 0.264 e. The van der Waals surface area contributed by atoms with Gasteiger partial charge in [-0.05, 0) is 123 Å². The molecule has 1 spiro atoms. The fraction of sp³-hybridized carbons (Fsp3) is 0.571. The second-order valence-corrected chi connectivity index (χ2v) is 16.3. The van der Waals surface area contributed by atoms with Crippen molar-refractivity contribution < 1.29 is 23.1 Å². The number of fused-ring (bicyclic) bond motifs is 4. The van der Waals surface area contributed by atoms with Gasteiger partial charge in [0.25, 0.3) is 5.91 Å². The lowest BCUT2D eigenvalue weighted by atomic mass is 9.69. The number of nitrogens with one attached hydrogen (secondary N) is 1. The van der Waals surface area contributed by atoms with Crippen molar-refractivity contribution in [2.45, 2.75) is 81.8 Å². The first-order chi connectivity index (χ1) is 21.1. The van der Waals surface area contributed by atoms with Crippen molar-refractivity contribution in [1.29, 1.82) is 0 Å². The van der Waals surface area contributed by atoms with Crippen LogP contribution in [-0.2, 0) is 21.9 Å². The number of carbonyl (C=O) groups is 1. The Hall–Kier alpha value is -2.71. The average molecular weight is 639 g/mol. The summed E-state index contributed by atoms with van der Waals surface area (Å²) in [7, 11) is -3.88. The van der Waals surface area contributed by atoms with Crippen molar-refractivity contribution in [3.8, 4) is 11.5 Å². The van der Waals surface area contributed by atoms with E-state index < -0.39 is 21.2 Å². The fourth-order valence-corrected chi connectivity index (χ4v) is 10.7. The maximum absolute atomic E-state index is 13.8. The van der Waals surface area contributed by atoms with Gasteiger partial charge in [-0.2, -0.15) is 0 Å². The summed E-state index contributed by atoms with van der Waals surface area (Å²) in [6.45, 7) is 3.96. The lowest BCUT2D eigenvalue weighted by Crippen LogP contribution is -2.48. The summed E-state index contributed by atoms with van der Waals surface area (Å²) in [4.78, 5) is 16.0. The molecule has 7 nitrogen and oxygen atoms in total. The Bertz CT molecular complexity index is 1590. The van der Waals surface area contributed by atoms with Crippen LogP contribution in [0.1, 0.15) is 86.2 Å². The monoisotopic (exact) mass is 638 g/mol. The first-order valence-electron chi connectivity index (χ1n) is 16.4. The highest BCUT2D eigenvalue weighted by Gasteiger charge is 2.45. The Kier molecular flexibility index (Phi) is 7.89. The van der Waals surface area contributed by atoms with E-state index in [0.717, 1.165) is 74.7 Å². The van der Waals surface area contributed by atoms with Gasteiger partial charge >= 0.3 is 0 Å². The first kappa shape index (κ1) is 30.0. The van der Waals surface area contributed by atoms with Crippen LogP contribution >= 0.6 is 11.6 Å². The smallest absolute Gasteiger partial charge is 0.264 e. The molecule has 2 fully saturated rings. The number of carbonyl (C=O) groups excluding carboxylic acids is 1. The molecular weight excluding hydrogens is 596 g/mol. The van der Waals surface area contributed by atoms with Crippen molar-refractivity contribution in [2.24, 2.45) is 23.7 Å². The van der Waals surface area contributed by atoms with Crippen LogP contribution in [0.3, 0.4) is 0 Å². The molecule has 44 heavy (non-hydrogen) atoms. The Morgan fingerprint density at radius 1 is 1.02 bits per heavy atom. The Labute approximate surface area is 266 Å². The number of amides is 1. The van der Waals surface area contributed by atoms with E-state index in [0.29, 0.717) is 47.7 Å². The van der Waals surface area contributed by atoms with E-state index in [1.54, 1.807) is 6.07 Å². The summed E-state index contributed by atoms with van der Waals surface area (Å²) < 4.78 is 36.5. The van der Waals surface area contributed by atoms with E-state index in [1.807, 2.05) is 31.2 Å². The summed E-state index contributed by atoms with van der Waals surface area (Å²) in [5.41, 5.74) is 3.03. The largest absolute Gasteiger partial charge is 0.506 e. The van der Waals surface area contributed by atoms with Crippen LogP contribution in [0.5, 0.6) is 11.5 Å². The van der Waals surface area contributed by atoms with Gasteiger partial charge in [-0.3, -0.25) is 4.79 Å². The van der Waals surface area contributed by atoms with Crippen LogP contribution in [0.4, 0.5) is 5.69 Å². The third-order valence-corrected chi connectivity index (χ3v) is 13.7. The highest BCUT2D eigenvalue weighted by molar-refractivity contribution is 7.90. The second-order valence-electron chi connectivity index (χ2n) is 14.1. The number of aromatic hydroxyl groups is 1. The number of hydrogen-bond acceptors (Lipinski definition) is 6. The molecule has 3 aliphatic carbocycles. The molecule has 0 aromatic heterocycles. The van der Waals surface area contributed by atoms with Gasteiger partial charge in [-0.1, -0.05) is 37.1 Å². The number of hydrogen-bond donors (Lipinski definition) is 2. The average Bonchev–Trinajstić information content (AvgIpc) is 3.10. The van der Waals surface area contributed by atoms with Crippen LogP contribution in [0.15, 0.2) is 42.5 Å². The molecule has 0 unspecified atom stereocenters. The Morgan fingerprint density at radius 3 is 2.57 bits per heavy atom. The topological polar surface area (TPSA) is 95.9 Å². The van der Waals surface area contributed by atoms with Crippen LogP contribution < -0.4 is 14.4 Å². The number of rotatable bonds is 1. The highest BCUT2D eigenvalue weighted by Crippen LogP contribution is 2.48. The van der Waals surface area contributed by atoms with Crippen LogP contribution in [0.25, 0.3) is 0 Å². The summed E-state index contributed by atoms with van der Waals surface area (Å²) in [6.07, 6.45) is 14.1. The number of phenolic OH excluding ortho intramolecular Hbond substituents is 1. The number of anilines is 1. The molecule has 2 bridgehead atoms. The number of halogens is 1. The van der Waals surface area contributed by atoms with Gasteiger partial charge in [0.2, 0.25) is 10.0 Å².